The molecule has 23 heavy (non-hydrogen) atoms. The molecule has 0 fully saturated rings. The van der Waals surface area contributed by atoms with Gasteiger partial charge in [-0.25, -0.2) is 4.79 Å². The van der Waals surface area contributed by atoms with E-state index in [-0.39, 0.29) is 11.9 Å². The van der Waals surface area contributed by atoms with Crippen molar-refractivity contribution in [2.45, 2.75) is 19.4 Å². The first-order valence-corrected chi connectivity index (χ1v) is 7.43. The van der Waals surface area contributed by atoms with Crippen molar-refractivity contribution in [1.29, 1.82) is 0 Å². The molecular formula is C18H17NO4. The van der Waals surface area contributed by atoms with Crippen LogP contribution in [0.4, 0.5) is 5.69 Å². The van der Waals surface area contributed by atoms with Crippen LogP contribution >= 0.6 is 0 Å². The first-order valence-electron chi connectivity index (χ1n) is 7.43. The van der Waals surface area contributed by atoms with Gasteiger partial charge in [0.15, 0.2) is 6.61 Å². The van der Waals surface area contributed by atoms with E-state index < -0.39 is 12.6 Å². The zero-order valence-corrected chi connectivity index (χ0v) is 12.7. The number of carboxylic acids is 1. The van der Waals surface area contributed by atoms with E-state index in [9.17, 15) is 9.59 Å². The van der Waals surface area contributed by atoms with Crippen LogP contribution < -0.4 is 9.64 Å². The van der Waals surface area contributed by atoms with E-state index in [1.807, 2.05) is 31.2 Å². The number of carbonyl (C=O) groups excluding carboxylic acids is 1. The smallest absolute Gasteiger partial charge is 0.341 e. The van der Waals surface area contributed by atoms with Crippen molar-refractivity contribution >= 4 is 17.6 Å². The lowest BCUT2D eigenvalue weighted by Crippen LogP contribution is -2.35. The lowest BCUT2D eigenvalue weighted by molar-refractivity contribution is -0.139. The highest BCUT2D eigenvalue weighted by Gasteiger charge is 2.33. The Labute approximate surface area is 134 Å². The number of fused-ring (bicyclic) bond motifs is 1. The Balaban J connectivity index is 1.93. The predicted octanol–water partition coefficient (Wildman–Crippen LogP) is 2.74. The van der Waals surface area contributed by atoms with E-state index in [0.717, 1.165) is 11.3 Å². The maximum Gasteiger partial charge on any atom is 0.341 e. The number of hydrogen-bond donors (Lipinski definition) is 1. The molecule has 1 aliphatic heterocycles. The standard InChI is InChI=1S/C18H17NO4/c1-12-10-14-15(8-5-9-16(14)23-11-17(20)21)19(12)18(22)13-6-3-2-4-7-13/h2-9,12H,10-11H2,1H3,(H,20,21). The van der Waals surface area contributed by atoms with Gasteiger partial charge in [0.05, 0.1) is 5.69 Å². The summed E-state index contributed by atoms with van der Waals surface area (Å²) in [6, 6.07) is 14.5. The predicted molar refractivity (Wildman–Crippen MR) is 86.0 cm³/mol. The van der Waals surface area contributed by atoms with Crippen LogP contribution in [0.25, 0.3) is 0 Å². The molecule has 2 aromatic carbocycles. The Kier molecular flexibility index (Phi) is 4.02. The van der Waals surface area contributed by atoms with Crippen LogP contribution in [0, 0.1) is 0 Å². The number of nitrogens with zero attached hydrogens (tertiary/aromatic N) is 1. The van der Waals surface area contributed by atoms with Gasteiger partial charge in [-0.2, -0.15) is 0 Å². The van der Waals surface area contributed by atoms with Gasteiger partial charge in [-0.15, -0.1) is 0 Å². The molecule has 0 radical (unpaired) electrons. The molecule has 0 bridgehead atoms. The first kappa shape index (κ1) is 15.1. The second-order valence-corrected chi connectivity index (χ2v) is 5.53. The molecule has 0 saturated carbocycles. The molecule has 5 heteroatoms. The van der Waals surface area contributed by atoms with Gasteiger partial charge in [0.1, 0.15) is 5.75 Å². The minimum atomic E-state index is -1.02. The molecule has 0 aliphatic carbocycles. The average Bonchev–Trinajstić information content (AvgIpc) is 2.89. The molecule has 118 valence electrons. The third kappa shape index (κ3) is 2.90. The summed E-state index contributed by atoms with van der Waals surface area (Å²) in [4.78, 5) is 25.2. The van der Waals surface area contributed by atoms with Crippen LogP contribution in [-0.4, -0.2) is 29.6 Å². The fourth-order valence-corrected chi connectivity index (χ4v) is 2.91. The molecule has 0 aromatic heterocycles. The van der Waals surface area contributed by atoms with Gasteiger partial charge in [-0.1, -0.05) is 24.3 Å². The molecular weight excluding hydrogens is 294 g/mol. The van der Waals surface area contributed by atoms with E-state index in [0.29, 0.717) is 17.7 Å². The Morgan fingerprint density at radius 2 is 1.91 bits per heavy atom. The number of carbonyl (C=O) groups is 2. The van der Waals surface area contributed by atoms with Crippen molar-refractivity contribution in [3.05, 3.63) is 59.7 Å². The lowest BCUT2D eigenvalue weighted by Gasteiger charge is -2.22. The number of amides is 1. The number of aliphatic carboxylic acids is 1. The van der Waals surface area contributed by atoms with Gasteiger partial charge in [0, 0.05) is 17.2 Å². The van der Waals surface area contributed by atoms with Crippen molar-refractivity contribution in [2.75, 3.05) is 11.5 Å². The van der Waals surface area contributed by atoms with E-state index >= 15 is 0 Å². The summed E-state index contributed by atoms with van der Waals surface area (Å²) in [7, 11) is 0. The normalized spacial score (nSPS) is 16.0. The van der Waals surface area contributed by atoms with Crippen molar-refractivity contribution in [1.82, 2.24) is 0 Å². The van der Waals surface area contributed by atoms with Crippen LogP contribution in [0.15, 0.2) is 48.5 Å². The monoisotopic (exact) mass is 311 g/mol. The van der Waals surface area contributed by atoms with E-state index in [1.165, 1.54) is 0 Å². The SMILES string of the molecule is CC1Cc2c(OCC(=O)O)cccc2N1C(=O)c1ccccc1. The topological polar surface area (TPSA) is 66.8 Å². The number of hydrogen-bond acceptors (Lipinski definition) is 3. The Bertz CT molecular complexity index is 742. The fraction of sp³-hybridized carbons (Fsp3) is 0.222. The molecule has 3 rings (SSSR count). The van der Waals surface area contributed by atoms with Gasteiger partial charge in [0.25, 0.3) is 5.91 Å². The number of rotatable bonds is 4. The maximum absolute atomic E-state index is 12.8. The fourth-order valence-electron chi connectivity index (χ4n) is 2.91. The van der Waals surface area contributed by atoms with Crippen molar-refractivity contribution < 1.29 is 19.4 Å². The summed E-state index contributed by atoms with van der Waals surface area (Å²) in [6.45, 7) is 1.58. The van der Waals surface area contributed by atoms with Crippen LogP contribution in [-0.2, 0) is 11.2 Å². The van der Waals surface area contributed by atoms with Gasteiger partial charge >= 0.3 is 5.97 Å². The van der Waals surface area contributed by atoms with Crippen LogP contribution in [0.5, 0.6) is 5.75 Å². The number of carboxylic acid groups (broad SMARTS) is 1. The summed E-state index contributed by atoms with van der Waals surface area (Å²) >= 11 is 0. The summed E-state index contributed by atoms with van der Waals surface area (Å²) in [5, 5.41) is 8.77. The molecule has 1 heterocycles. The van der Waals surface area contributed by atoms with E-state index in [4.69, 9.17) is 9.84 Å². The van der Waals surface area contributed by atoms with E-state index in [2.05, 4.69) is 0 Å². The number of ether oxygens (including phenoxy) is 1. The summed E-state index contributed by atoms with van der Waals surface area (Å²) in [5.41, 5.74) is 2.30. The minimum Gasteiger partial charge on any atom is -0.482 e. The quantitative estimate of drug-likeness (QED) is 0.943. The van der Waals surface area contributed by atoms with Crippen molar-refractivity contribution in [3.63, 3.8) is 0 Å². The summed E-state index contributed by atoms with van der Waals surface area (Å²) in [6.07, 6.45) is 0.643. The molecule has 1 amide bonds. The van der Waals surface area contributed by atoms with Gasteiger partial charge < -0.3 is 14.7 Å². The first-order chi connectivity index (χ1) is 11.1. The van der Waals surface area contributed by atoms with Crippen molar-refractivity contribution in [3.8, 4) is 5.75 Å². The highest BCUT2D eigenvalue weighted by Crippen LogP contribution is 2.39. The Morgan fingerprint density at radius 1 is 1.17 bits per heavy atom. The molecule has 1 aliphatic rings. The minimum absolute atomic E-state index is 0.00714. The summed E-state index contributed by atoms with van der Waals surface area (Å²) in [5.74, 6) is -0.557. The highest BCUT2D eigenvalue weighted by molar-refractivity contribution is 6.08. The zero-order valence-electron chi connectivity index (χ0n) is 12.7. The lowest BCUT2D eigenvalue weighted by atomic mass is 10.1. The number of anilines is 1. The van der Waals surface area contributed by atoms with Gasteiger partial charge in [0.2, 0.25) is 0 Å². The molecule has 1 N–H and O–H groups in total. The molecule has 0 saturated heterocycles. The van der Waals surface area contributed by atoms with Crippen LogP contribution in [0.1, 0.15) is 22.8 Å². The Hall–Kier alpha value is -2.82. The largest absolute Gasteiger partial charge is 0.482 e. The maximum atomic E-state index is 12.8. The van der Waals surface area contributed by atoms with Crippen LogP contribution in [0.2, 0.25) is 0 Å². The molecule has 2 aromatic rings. The highest BCUT2D eigenvalue weighted by atomic mass is 16.5. The third-order valence-corrected chi connectivity index (χ3v) is 3.90. The van der Waals surface area contributed by atoms with Gasteiger partial charge in [-0.3, -0.25) is 4.79 Å². The second-order valence-electron chi connectivity index (χ2n) is 5.53. The average molecular weight is 311 g/mol. The third-order valence-electron chi connectivity index (χ3n) is 3.90. The van der Waals surface area contributed by atoms with Crippen LogP contribution in [0.3, 0.4) is 0 Å². The van der Waals surface area contributed by atoms with E-state index in [1.54, 1.807) is 29.2 Å². The summed E-state index contributed by atoms with van der Waals surface area (Å²) < 4.78 is 5.35. The zero-order chi connectivity index (χ0) is 16.4. The number of benzene rings is 2. The molecule has 5 nitrogen and oxygen atoms in total. The van der Waals surface area contributed by atoms with Crippen molar-refractivity contribution in [2.24, 2.45) is 0 Å². The molecule has 0 spiro atoms. The molecule has 1 atom stereocenters. The Morgan fingerprint density at radius 3 is 2.61 bits per heavy atom. The second kappa shape index (κ2) is 6.12. The van der Waals surface area contributed by atoms with Gasteiger partial charge in [-0.05, 0) is 37.6 Å². The molecule has 1 unspecified atom stereocenters.